The number of ether oxygens (including phenoxy) is 1. The van der Waals surface area contributed by atoms with Gasteiger partial charge in [0.15, 0.2) is 5.76 Å². The molecule has 1 atom stereocenters. The Kier molecular flexibility index (Phi) is 7.48. The van der Waals surface area contributed by atoms with Crippen LogP contribution in [0.25, 0.3) is 22.5 Å². The summed E-state index contributed by atoms with van der Waals surface area (Å²) in [6.45, 7) is 6.23. The summed E-state index contributed by atoms with van der Waals surface area (Å²) in [6, 6.07) is 24.8. The zero-order valence-electron chi connectivity index (χ0n) is 22.4. The topological polar surface area (TPSA) is 72.6 Å². The van der Waals surface area contributed by atoms with Crippen LogP contribution in [-0.2, 0) is 21.4 Å². The lowest BCUT2D eigenvalue weighted by Crippen LogP contribution is -2.23. The number of carbonyl (C=O) groups is 1. The van der Waals surface area contributed by atoms with Gasteiger partial charge in [-0.3, -0.25) is 4.79 Å². The Morgan fingerprint density at radius 3 is 2.29 bits per heavy atom. The molecular weight excluding hydrogens is 474 g/mol. The molecule has 0 saturated heterocycles. The van der Waals surface area contributed by atoms with E-state index in [2.05, 4.69) is 48.5 Å². The van der Waals surface area contributed by atoms with Crippen LogP contribution in [-0.4, -0.2) is 22.8 Å². The molecule has 196 valence electrons. The highest BCUT2D eigenvalue weighted by atomic mass is 16.5. The lowest BCUT2D eigenvalue weighted by atomic mass is 9.93. The Balaban J connectivity index is 1.27. The first-order chi connectivity index (χ1) is 18.4. The Morgan fingerprint density at radius 2 is 1.66 bits per heavy atom. The minimum absolute atomic E-state index is 0.118. The predicted molar refractivity (Wildman–Crippen MR) is 149 cm³/mol. The third-order valence-electron chi connectivity index (χ3n) is 7.60. The minimum Gasteiger partial charge on any atom is -0.465 e. The van der Waals surface area contributed by atoms with Gasteiger partial charge in [-0.25, -0.2) is 0 Å². The Morgan fingerprint density at radius 1 is 1.00 bits per heavy atom. The molecule has 1 unspecified atom stereocenters. The van der Waals surface area contributed by atoms with Gasteiger partial charge in [-0.05, 0) is 75.1 Å². The number of hydrogen-bond acceptors (Lipinski definition) is 5. The molecule has 1 heterocycles. The number of esters is 1. The summed E-state index contributed by atoms with van der Waals surface area (Å²) >= 11 is 0. The maximum Gasteiger partial charge on any atom is 0.316 e. The number of benzene rings is 3. The monoisotopic (exact) mass is 509 g/mol. The molecular formula is C33H35NO4. The number of aliphatic hydroxyl groups excluding tert-OH is 1. The average Bonchev–Trinajstić information content (AvgIpc) is 3.65. The second-order valence-corrected chi connectivity index (χ2v) is 10.4. The fourth-order valence-corrected chi connectivity index (χ4v) is 5.29. The van der Waals surface area contributed by atoms with Crippen molar-refractivity contribution >= 4 is 5.97 Å². The summed E-state index contributed by atoms with van der Waals surface area (Å²) in [5, 5.41) is 15.2. The third kappa shape index (κ3) is 5.30. The van der Waals surface area contributed by atoms with Crippen molar-refractivity contribution in [1.29, 1.82) is 0 Å². The van der Waals surface area contributed by atoms with Crippen LogP contribution < -0.4 is 0 Å². The van der Waals surface area contributed by atoms with Crippen LogP contribution in [0.2, 0.25) is 0 Å². The number of aryl methyl sites for hydroxylation is 3. The molecule has 1 N–H and O–H groups in total. The molecule has 1 saturated carbocycles. The van der Waals surface area contributed by atoms with Crippen LogP contribution in [0.15, 0.2) is 77.3 Å². The van der Waals surface area contributed by atoms with E-state index in [0.29, 0.717) is 18.8 Å². The smallest absolute Gasteiger partial charge is 0.316 e. The molecule has 4 aromatic rings. The van der Waals surface area contributed by atoms with Crippen LogP contribution >= 0.6 is 0 Å². The summed E-state index contributed by atoms with van der Waals surface area (Å²) in [6.07, 6.45) is 3.49. The van der Waals surface area contributed by atoms with Gasteiger partial charge < -0.3 is 14.4 Å². The van der Waals surface area contributed by atoms with E-state index in [1.54, 1.807) is 0 Å². The Labute approximate surface area is 224 Å². The van der Waals surface area contributed by atoms with E-state index in [-0.39, 0.29) is 5.97 Å². The molecule has 0 amide bonds. The summed E-state index contributed by atoms with van der Waals surface area (Å²) < 4.78 is 11.0. The van der Waals surface area contributed by atoms with Gasteiger partial charge in [0.1, 0.15) is 0 Å². The van der Waals surface area contributed by atoms with Crippen molar-refractivity contribution in [3.05, 3.63) is 101 Å². The molecule has 1 aliphatic carbocycles. The third-order valence-corrected chi connectivity index (χ3v) is 7.60. The molecule has 5 rings (SSSR count). The second-order valence-electron chi connectivity index (χ2n) is 10.4. The second kappa shape index (κ2) is 11.0. The molecule has 5 nitrogen and oxygen atoms in total. The van der Waals surface area contributed by atoms with Crippen LogP contribution in [0.4, 0.5) is 0 Å². The first kappa shape index (κ1) is 25.9. The molecule has 3 aromatic carbocycles. The lowest BCUT2D eigenvalue weighted by Gasteiger charge is -2.15. The standard InChI is InChI=1S/C33H35NO4/c1-4-37-32(36)33(19-20-33)28-17-15-26(16-18-28)25-11-13-27(14-12-25)31-30(23(3)34-38-31)29(35)10-6-9-24-8-5-7-22(2)21-24/h5,7-8,11-18,21,29,35H,4,6,9-10,19-20H2,1-3H3. The van der Waals surface area contributed by atoms with Crippen molar-refractivity contribution in [1.82, 2.24) is 5.16 Å². The maximum atomic E-state index is 12.4. The van der Waals surface area contributed by atoms with E-state index >= 15 is 0 Å². The van der Waals surface area contributed by atoms with Crippen LogP contribution in [0.5, 0.6) is 0 Å². The van der Waals surface area contributed by atoms with Crippen molar-refractivity contribution < 1.29 is 19.2 Å². The van der Waals surface area contributed by atoms with Crippen molar-refractivity contribution in [2.45, 2.75) is 64.4 Å². The van der Waals surface area contributed by atoms with Crippen LogP contribution in [0.3, 0.4) is 0 Å². The SMILES string of the molecule is CCOC(=O)C1(c2ccc(-c3ccc(-c4onc(C)c4C(O)CCCc4cccc(C)c4)cc3)cc2)CC1. The number of aromatic nitrogens is 1. The van der Waals surface area contributed by atoms with Crippen LogP contribution in [0, 0.1) is 13.8 Å². The van der Waals surface area contributed by atoms with Crippen molar-refractivity contribution in [2.24, 2.45) is 0 Å². The summed E-state index contributed by atoms with van der Waals surface area (Å²) in [4.78, 5) is 12.4. The molecule has 38 heavy (non-hydrogen) atoms. The van der Waals surface area contributed by atoms with Gasteiger partial charge in [-0.2, -0.15) is 0 Å². The van der Waals surface area contributed by atoms with E-state index in [4.69, 9.17) is 9.26 Å². The number of rotatable bonds is 10. The highest BCUT2D eigenvalue weighted by molar-refractivity contribution is 5.87. The number of nitrogens with zero attached hydrogens (tertiary/aromatic N) is 1. The Hall–Kier alpha value is -3.70. The number of carbonyl (C=O) groups excluding carboxylic acids is 1. The molecule has 0 aliphatic heterocycles. The fourth-order valence-electron chi connectivity index (χ4n) is 5.29. The van der Waals surface area contributed by atoms with E-state index < -0.39 is 11.5 Å². The first-order valence-electron chi connectivity index (χ1n) is 13.5. The molecule has 1 fully saturated rings. The molecule has 0 bridgehead atoms. The maximum absolute atomic E-state index is 12.4. The van der Waals surface area contributed by atoms with Gasteiger partial charge >= 0.3 is 5.97 Å². The highest BCUT2D eigenvalue weighted by Gasteiger charge is 2.52. The van der Waals surface area contributed by atoms with Gasteiger partial charge in [-0.15, -0.1) is 0 Å². The van der Waals surface area contributed by atoms with Crippen molar-refractivity contribution in [3.63, 3.8) is 0 Å². The summed E-state index contributed by atoms with van der Waals surface area (Å²) in [5.74, 6) is 0.505. The van der Waals surface area contributed by atoms with E-state index in [9.17, 15) is 9.90 Å². The molecule has 0 radical (unpaired) electrons. The molecule has 0 spiro atoms. The van der Waals surface area contributed by atoms with E-state index in [1.807, 2.05) is 50.2 Å². The van der Waals surface area contributed by atoms with Crippen LogP contribution in [0.1, 0.15) is 66.7 Å². The van der Waals surface area contributed by atoms with Gasteiger partial charge in [0, 0.05) is 5.56 Å². The van der Waals surface area contributed by atoms with Gasteiger partial charge in [-0.1, -0.05) is 83.5 Å². The first-order valence-corrected chi connectivity index (χ1v) is 13.5. The summed E-state index contributed by atoms with van der Waals surface area (Å²) in [7, 11) is 0. The number of hydrogen-bond donors (Lipinski definition) is 1. The minimum atomic E-state index is -0.637. The molecule has 1 aromatic heterocycles. The number of aliphatic hydroxyl groups is 1. The largest absolute Gasteiger partial charge is 0.465 e. The van der Waals surface area contributed by atoms with E-state index in [1.165, 1.54) is 11.1 Å². The molecule has 1 aliphatic rings. The zero-order valence-corrected chi connectivity index (χ0v) is 22.4. The quantitative estimate of drug-likeness (QED) is 0.228. The Bertz CT molecular complexity index is 1400. The normalized spacial score (nSPS) is 14.7. The van der Waals surface area contributed by atoms with Gasteiger partial charge in [0.25, 0.3) is 0 Å². The van der Waals surface area contributed by atoms with Crippen molar-refractivity contribution in [3.8, 4) is 22.5 Å². The van der Waals surface area contributed by atoms with E-state index in [0.717, 1.165) is 59.2 Å². The van der Waals surface area contributed by atoms with Crippen molar-refractivity contribution in [2.75, 3.05) is 6.61 Å². The zero-order chi connectivity index (χ0) is 26.7. The molecule has 5 heteroatoms. The summed E-state index contributed by atoms with van der Waals surface area (Å²) in [5.41, 5.74) is 7.62. The fraction of sp³-hybridized carbons (Fsp3) is 0.333. The lowest BCUT2D eigenvalue weighted by molar-refractivity contribution is -0.146. The van der Waals surface area contributed by atoms with Gasteiger partial charge in [0.2, 0.25) is 0 Å². The highest BCUT2D eigenvalue weighted by Crippen LogP contribution is 2.49. The van der Waals surface area contributed by atoms with Gasteiger partial charge in [0.05, 0.1) is 29.4 Å². The predicted octanol–water partition coefficient (Wildman–Crippen LogP) is 7.28. The average molecular weight is 510 g/mol.